The molecule has 0 aromatic rings. The molecule has 0 spiro atoms. The average Bonchev–Trinajstić information content (AvgIpc) is 2.21. The minimum Gasteiger partial charge on any atom is -0.444 e. The molecule has 104 valence electrons. The predicted molar refractivity (Wildman–Crippen MR) is 73.3 cm³/mol. The number of nitrogens with two attached hydrogens (primary N) is 1. The molecule has 0 aliphatic carbocycles. The molecule has 0 heterocycles. The van der Waals surface area contributed by atoms with E-state index in [-0.39, 0.29) is 6.09 Å². The third kappa shape index (κ3) is 11.0. The second-order valence-electron chi connectivity index (χ2n) is 5.08. The zero-order valence-corrected chi connectivity index (χ0v) is 11.7. The van der Waals surface area contributed by atoms with Gasteiger partial charge >= 0.3 is 6.09 Å². The topological polar surface area (TPSA) is 78.3 Å². The molecule has 5 heteroatoms. The number of alkyl carbamates (subject to hydrolysis) is 1. The van der Waals surface area contributed by atoms with Gasteiger partial charge in [0.05, 0.1) is 13.0 Å². The van der Waals surface area contributed by atoms with Crippen LogP contribution in [0.4, 0.5) is 4.79 Å². The van der Waals surface area contributed by atoms with Crippen molar-refractivity contribution in [2.24, 2.45) is 5.73 Å². The van der Waals surface area contributed by atoms with Crippen molar-refractivity contribution in [3.8, 4) is 0 Å². The molecule has 0 aromatic carbocycles. The first-order valence-corrected chi connectivity index (χ1v) is 6.28. The Balaban J connectivity index is 3.54. The van der Waals surface area contributed by atoms with E-state index < -0.39 is 5.60 Å². The fraction of sp³-hybridized carbons (Fsp3) is 0.692. The summed E-state index contributed by atoms with van der Waals surface area (Å²) in [5, 5.41) is 2.71. The molecular formula is C13H26N3O2+. The monoisotopic (exact) mass is 256 g/mol. The maximum Gasteiger partial charge on any atom is 0.407 e. The summed E-state index contributed by atoms with van der Waals surface area (Å²) < 4.78 is 5.11. The largest absolute Gasteiger partial charge is 0.444 e. The van der Waals surface area contributed by atoms with Crippen LogP contribution in [0.1, 0.15) is 40.0 Å². The molecule has 18 heavy (non-hydrogen) atoms. The standard InChI is InChI=1S/C13H25N3O2/c1-5-8-11(14)15-9-6-7-10-16-12(17)18-13(2,3)4/h5H,1,6-10H2,2-4H3,(H2,14,15)(H,16,17)/p+1. The van der Waals surface area contributed by atoms with Crippen molar-refractivity contribution >= 4 is 11.9 Å². The lowest BCUT2D eigenvalue weighted by Crippen LogP contribution is -2.75. The lowest BCUT2D eigenvalue weighted by atomic mass is 10.2. The Bertz CT molecular complexity index is 293. The van der Waals surface area contributed by atoms with Gasteiger partial charge in [-0.2, -0.15) is 0 Å². The number of rotatable bonds is 7. The third-order valence-electron chi connectivity index (χ3n) is 1.99. The Labute approximate surface area is 109 Å². The molecule has 1 amide bonds. The van der Waals surface area contributed by atoms with Crippen LogP contribution >= 0.6 is 0 Å². The molecule has 0 aliphatic rings. The molecule has 0 rings (SSSR count). The lowest BCUT2D eigenvalue weighted by molar-refractivity contribution is -0.459. The molecular weight excluding hydrogens is 230 g/mol. The van der Waals surface area contributed by atoms with E-state index in [1.807, 2.05) is 20.8 Å². The van der Waals surface area contributed by atoms with Gasteiger partial charge in [-0.05, 0) is 33.6 Å². The van der Waals surface area contributed by atoms with Gasteiger partial charge in [0, 0.05) is 6.54 Å². The Morgan fingerprint density at radius 2 is 2.11 bits per heavy atom. The summed E-state index contributed by atoms with van der Waals surface area (Å²) >= 11 is 0. The molecule has 0 atom stereocenters. The van der Waals surface area contributed by atoms with Crippen LogP contribution in [0.2, 0.25) is 0 Å². The maximum absolute atomic E-state index is 11.3. The fourth-order valence-corrected chi connectivity index (χ4v) is 1.23. The van der Waals surface area contributed by atoms with Crippen LogP contribution in [-0.4, -0.2) is 30.6 Å². The van der Waals surface area contributed by atoms with Crippen LogP contribution in [0.5, 0.6) is 0 Å². The van der Waals surface area contributed by atoms with Gasteiger partial charge in [0.15, 0.2) is 0 Å². The molecule has 0 saturated heterocycles. The second-order valence-corrected chi connectivity index (χ2v) is 5.08. The van der Waals surface area contributed by atoms with Crippen LogP contribution in [0, 0.1) is 0 Å². The van der Waals surface area contributed by atoms with E-state index in [4.69, 9.17) is 10.5 Å². The van der Waals surface area contributed by atoms with Crippen molar-refractivity contribution in [2.45, 2.75) is 45.6 Å². The first-order valence-electron chi connectivity index (χ1n) is 6.28. The molecule has 4 N–H and O–H groups in total. The number of nitrogens with one attached hydrogen (secondary N) is 2. The van der Waals surface area contributed by atoms with E-state index in [0.717, 1.165) is 25.2 Å². The minimum absolute atomic E-state index is 0.367. The number of ether oxygens (including phenoxy) is 1. The molecule has 0 aliphatic heterocycles. The van der Waals surface area contributed by atoms with Crippen molar-refractivity contribution in [3.05, 3.63) is 12.7 Å². The van der Waals surface area contributed by atoms with Crippen molar-refractivity contribution in [1.29, 1.82) is 0 Å². The minimum atomic E-state index is -0.445. The van der Waals surface area contributed by atoms with Crippen LogP contribution in [-0.2, 0) is 4.74 Å². The number of unbranched alkanes of at least 4 members (excludes halogenated alkanes) is 1. The molecule has 0 bridgehead atoms. The predicted octanol–water partition coefficient (Wildman–Crippen LogP) is 0.305. The van der Waals surface area contributed by atoms with Crippen LogP contribution in [0.25, 0.3) is 0 Å². The Hall–Kier alpha value is -1.52. The van der Waals surface area contributed by atoms with Crippen LogP contribution in [0.15, 0.2) is 12.7 Å². The van der Waals surface area contributed by atoms with Gasteiger partial charge in [0.2, 0.25) is 5.84 Å². The SMILES string of the molecule is C=CCC(N)=[NH+]CCCCNC(=O)OC(C)(C)C. The zero-order valence-electron chi connectivity index (χ0n) is 11.7. The van der Waals surface area contributed by atoms with Gasteiger partial charge in [0.25, 0.3) is 0 Å². The van der Waals surface area contributed by atoms with Gasteiger partial charge in [-0.1, -0.05) is 6.08 Å². The highest BCUT2D eigenvalue weighted by Gasteiger charge is 2.15. The van der Waals surface area contributed by atoms with Crippen molar-refractivity contribution < 1.29 is 14.5 Å². The van der Waals surface area contributed by atoms with Crippen LogP contribution in [0.3, 0.4) is 0 Å². The van der Waals surface area contributed by atoms with E-state index in [9.17, 15) is 4.79 Å². The fourth-order valence-electron chi connectivity index (χ4n) is 1.23. The highest BCUT2D eigenvalue weighted by molar-refractivity contribution is 5.75. The molecule has 0 fully saturated rings. The Morgan fingerprint density at radius 3 is 2.67 bits per heavy atom. The van der Waals surface area contributed by atoms with Crippen LogP contribution < -0.4 is 16.0 Å². The molecule has 0 unspecified atom stereocenters. The van der Waals surface area contributed by atoms with Gasteiger partial charge in [-0.25, -0.2) is 4.79 Å². The zero-order chi connectivity index (χ0) is 14.0. The Kier molecular flexibility index (Phi) is 7.83. The van der Waals surface area contributed by atoms with E-state index in [0.29, 0.717) is 13.0 Å². The molecule has 0 aromatic heterocycles. The highest BCUT2D eigenvalue weighted by Crippen LogP contribution is 2.06. The number of carbonyl (C=O) groups excluding carboxylic acids is 1. The first-order chi connectivity index (χ1) is 8.35. The number of hydrogen-bond acceptors (Lipinski definition) is 2. The van der Waals surface area contributed by atoms with Gasteiger partial charge in [0.1, 0.15) is 5.60 Å². The van der Waals surface area contributed by atoms with E-state index in [1.54, 1.807) is 6.08 Å². The average molecular weight is 256 g/mol. The number of amidine groups is 1. The van der Waals surface area contributed by atoms with Gasteiger partial charge < -0.3 is 10.1 Å². The van der Waals surface area contributed by atoms with Crippen molar-refractivity contribution in [3.63, 3.8) is 0 Å². The summed E-state index contributed by atoms with van der Waals surface area (Å²) in [5.74, 6) is 0.727. The molecule has 0 radical (unpaired) electrons. The highest BCUT2D eigenvalue weighted by atomic mass is 16.6. The van der Waals surface area contributed by atoms with E-state index in [2.05, 4.69) is 16.9 Å². The summed E-state index contributed by atoms with van der Waals surface area (Å²) in [6.07, 6.45) is 3.89. The third-order valence-corrected chi connectivity index (χ3v) is 1.99. The quantitative estimate of drug-likeness (QED) is 0.265. The van der Waals surface area contributed by atoms with Crippen molar-refractivity contribution in [2.75, 3.05) is 13.1 Å². The molecule has 0 saturated carbocycles. The second kappa shape index (κ2) is 8.55. The maximum atomic E-state index is 11.3. The Morgan fingerprint density at radius 1 is 1.44 bits per heavy atom. The van der Waals surface area contributed by atoms with Crippen molar-refractivity contribution in [1.82, 2.24) is 5.32 Å². The smallest absolute Gasteiger partial charge is 0.407 e. The summed E-state index contributed by atoms with van der Waals surface area (Å²) in [6.45, 7) is 10.5. The van der Waals surface area contributed by atoms with Gasteiger partial charge in [-0.3, -0.25) is 10.7 Å². The summed E-state index contributed by atoms with van der Waals surface area (Å²) in [4.78, 5) is 14.4. The van der Waals surface area contributed by atoms with Gasteiger partial charge in [-0.15, -0.1) is 6.58 Å². The summed E-state index contributed by atoms with van der Waals surface area (Å²) in [7, 11) is 0. The summed E-state index contributed by atoms with van der Waals surface area (Å²) in [5.41, 5.74) is 5.22. The lowest BCUT2D eigenvalue weighted by Gasteiger charge is -2.19. The normalized spacial score (nSPS) is 12.1. The number of amides is 1. The number of carbonyl (C=O) groups is 1. The number of hydrogen-bond donors (Lipinski definition) is 3. The summed E-state index contributed by atoms with van der Waals surface area (Å²) in [6, 6.07) is 0. The van der Waals surface area contributed by atoms with E-state index >= 15 is 0 Å². The van der Waals surface area contributed by atoms with E-state index in [1.165, 1.54) is 0 Å². The molecule has 5 nitrogen and oxygen atoms in total. The first kappa shape index (κ1) is 16.5.